The number of pyridine rings is 1. The monoisotopic (exact) mass is 313 g/mol. The standard InChI is InChI=1S/C16H15N3O4/c1-23-10-5-6-12-11(9-10)16(17-7-8-20)15-13(18-12)3-2-4-14(15)19(21)22/h2-6,9,20H,7-8H2,1H3,(H,17,18). The number of aromatic nitrogens is 1. The van der Waals surface area contributed by atoms with Gasteiger partial charge in [0.2, 0.25) is 0 Å². The second-order valence-electron chi connectivity index (χ2n) is 4.95. The van der Waals surface area contributed by atoms with Crippen LogP contribution >= 0.6 is 0 Å². The lowest BCUT2D eigenvalue weighted by Crippen LogP contribution is -2.07. The van der Waals surface area contributed by atoms with Crippen molar-refractivity contribution in [3.63, 3.8) is 0 Å². The van der Waals surface area contributed by atoms with Gasteiger partial charge in [0.25, 0.3) is 5.69 Å². The van der Waals surface area contributed by atoms with Crippen LogP contribution in [0.25, 0.3) is 21.8 Å². The molecular weight excluding hydrogens is 298 g/mol. The van der Waals surface area contributed by atoms with Crippen molar-refractivity contribution >= 4 is 33.2 Å². The lowest BCUT2D eigenvalue weighted by molar-refractivity contribution is -0.383. The molecule has 7 heteroatoms. The maximum atomic E-state index is 11.4. The summed E-state index contributed by atoms with van der Waals surface area (Å²) in [6.07, 6.45) is 0. The molecule has 118 valence electrons. The molecule has 23 heavy (non-hydrogen) atoms. The van der Waals surface area contributed by atoms with E-state index in [2.05, 4.69) is 10.3 Å². The van der Waals surface area contributed by atoms with Gasteiger partial charge in [0.15, 0.2) is 0 Å². The van der Waals surface area contributed by atoms with Gasteiger partial charge in [-0.2, -0.15) is 0 Å². The Morgan fingerprint density at radius 3 is 2.83 bits per heavy atom. The molecule has 1 heterocycles. The average molecular weight is 313 g/mol. The number of rotatable bonds is 5. The van der Waals surface area contributed by atoms with E-state index in [1.54, 1.807) is 37.4 Å². The highest BCUT2D eigenvalue weighted by atomic mass is 16.6. The highest BCUT2D eigenvalue weighted by molar-refractivity contribution is 6.11. The summed E-state index contributed by atoms with van der Waals surface area (Å²) in [5.74, 6) is 0.629. The van der Waals surface area contributed by atoms with Crippen molar-refractivity contribution in [2.24, 2.45) is 0 Å². The van der Waals surface area contributed by atoms with Gasteiger partial charge in [-0.1, -0.05) is 6.07 Å². The maximum Gasteiger partial charge on any atom is 0.280 e. The Hall–Kier alpha value is -2.93. The second kappa shape index (κ2) is 6.05. The highest BCUT2D eigenvalue weighted by Crippen LogP contribution is 2.37. The van der Waals surface area contributed by atoms with Gasteiger partial charge in [0.1, 0.15) is 11.1 Å². The number of nitrogens with one attached hydrogen (secondary N) is 1. The third-order valence-corrected chi connectivity index (χ3v) is 3.59. The van der Waals surface area contributed by atoms with Gasteiger partial charge < -0.3 is 15.2 Å². The number of hydrogen-bond acceptors (Lipinski definition) is 6. The van der Waals surface area contributed by atoms with Crippen molar-refractivity contribution in [2.45, 2.75) is 0 Å². The normalized spacial score (nSPS) is 10.9. The Kier molecular flexibility index (Phi) is 3.94. The molecule has 0 atom stereocenters. The molecule has 0 bridgehead atoms. The number of hydrogen-bond donors (Lipinski definition) is 2. The molecule has 0 saturated carbocycles. The Morgan fingerprint density at radius 1 is 1.30 bits per heavy atom. The molecule has 0 aliphatic heterocycles. The van der Waals surface area contributed by atoms with Gasteiger partial charge in [-0.25, -0.2) is 4.98 Å². The van der Waals surface area contributed by atoms with Crippen LogP contribution in [0.15, 0.2) is 36.4 Å². The Labute approximate surface area is 131 Å². The van der Waals surface area contributed by atoms with E-state index in [1.165, 1.54) is 6.07 Å². The average Bonchev–Trinajstić information content (AvgIpc) is 2.57. The van der Waals surface area contributed by atoms with E-state index >= 15 is 0 Å². The number of nitro groups is 1. The van der Waals surface area contributed by atoms with Crippen molar-refractivity contribution in [1.29, 1.82) is 0 Å². The number of ether oxygens (including phenoxy) is 1. The summed E-state index contributed by atoms with van der Waals surface area (Å²) >= 11 is 0. The van der Waals surface area contributed by atoms with Crippen LogP contribution in [-0.2, 0) is 0 Å². The molecule has 2 N–H and O–H groups in total. The third-order valence-electron chi connectivity index (χ3n) is 3.59. The van der Waals surface area contributed by atoms with Crippen molar-refractivity contribution in [2.75, 3.05) is 25.6 Å². The van der Waals surface area contributed by atoms with Gasteiger partial charge in [0, 0.05) is 18.0 Å². The summed E-state index contributed by atoms with van der Waals surface area (Å²) in [5, 5.41) is 24.7. The fourth-order valence-electron chi connectivity index (χ4n) is 2.60. The molecule has 0 spiro atoms. The minimum absolute atomic E-state index is 0.0276. The number of methoxy groups -OCH3 is 1. The molecule has 0 unspecified atom stereocenters. The fraction of sp³-hybridized carbons (Fsp3) is 0.188. The van der Waals surface area contributed by atoms with Gasteiger partial charge in [-0.05, 0) is 24.3 Å². The minimum Gasteiger partial charge on any atom is -0.497 e. The highest BCUT2D eigenvalue weighted by Gasteiger charge is 2.19. The molecule has 3 rings (SSSR count). The molecule has 0 saturated heterocycles. The Bertz CT molecular complexity index is 895. The summed E-state index contributed by atoms with van der Waals surface area (Å²) in [6.45, 7) is 0.188. The van der Waals surface area contributed by atoms with Crippen molar-refractivity contribution < 1.29 is 14.8 Å². The lowest BCUT2D eigenvalue weighted by atomic mass is 10.1. The molecule has 0 radical (unpaired) electrons. The maximum absolute atomic E-state index is 11.4. The second-order valence-corrected chi connectivity index (χ2v) is 4.95. The smallest absolute Gasteiger partial charge is 0.280 e. The van der Waals surface area contributed by atoms with E-state index in [4.69, 9.17) is 9.84 Å². The molecule has 7 nitrogen and oxygen atoms in total. The van der Waals surface area contributed by atoms with Crippen molar-refractivity contribution in [3.8, 4) is 5.75 Å². The van der Waals surface area contributed by atoms with Crippen LogP contribution < -0.4 is 10.1 Å². The summed E-state index contributed by atoms with van der Waals surface area (Å²) < 4.78 is 5.23. The molecule has 0 fully saturated rings. The van der Waals surface area contributed by atoms with Gasteiger partial charge in [-0.15, -0.1) is 0 Å². The largest absolute Gasteiger partial charge is 0.497 e. The first-order valence-corrected chi connectivity index (χ1v) is 7.05. The predicted octanol–water partition coefficient (Wildman–Crippen LogP) is 2.71. The van der Waals surface area contributed by atoms with Crippen LogP contribution in [-0.4, -0.2) is 35.3 Å². The van der Waals surface area contributed by atoms with Gasteiger partial charge >= 0.3 is 0 Å². The fourth-order valence-corrected chi connectivity index (χ4v) is 2.60. The van der Waals surface area contributed by atoms with E-state index in [0.29, 0.717) is 33.2 Å². The first-order chi connectivity index (χ1) is 11.2. The van der Waals surface area contributed by atoms with E-state index in [1.807, 2.05) is 0 Å². The number of nitrogens with zero attached hydrogens (tertiary/aromatic N) is 2. The molecule has 2 aromatic carbocycles. The van der Waals surface area contributed by atoms with Gasteiger partial charge in [0.05, 0.1) is 35.4 Å². The molecule has 3 aromatic rings. The zero-order chi connectivity index (χ0) is 16.4. The van der Waals surface area contributed by atoms with E-state index in [-0.39, 0.29) is 18.8 Å². The number of aliphatic hydroxyl groups excluding tert-OH is 1. The number of aliphatic hydroxyl groups is 1. The SMILES string of the molecule is COc1ccc2nc3cccc([N+](=O)[O-])c3c(NCCO)c2c1. The number of fused-ring (bicyclic) bond motifs is 2. The van der Waals surface area contributed by atoms with E-state index < -0.39 is 4.92 Å². The van der Waals surface area contributed by atoms with E-state index in [9.17, 15) is 10.1 Å². The summed E-state index contributed by atoms with van der Waals surface area (Å²) in [4.78, 5) is 15.4. The lowest BCUT2D eigenvalue weighted by Gasteiger charge is -2.13. The first-order valence-electron chi connectivity index (χ1n) is 7.05. The Balaban J connectivity index is 2.43. The number of nitro benzene ring substituents is 1. The zero-order valence-electron chi connectivity index (χ0n) is 12.4. The van der Waals surface area contributed by atoms with Crippen LogP contribution in [0.1, 0.15) is 0 Å². The predicted molar refractivity (Wildman–Crippen MR) is 88.0 cm³/mol. The summed E-state index contributed by atoms with van der Waals surface area (Å²) in [7, 11) is 1.55. The van der Waals surface area contributed by atoms with Crippen LogP contribution in [0.5, 0.6) is 5.75 Å². The number of non-ortho nitro benzene ring substituents is 1. The number of anilines is 1. The zero-order valence-corrected chi connectivity index (χ0v) is 12.4. The number of benzene rings is 2. The Morgan fingerprint density at radius 2 is 2.13 bits per heavy atom. The molecular formula is C16H15N3O4. The summed E-state index contributed by atoms with van der Waals surface area (Å²) in [6, 6.07) is 10.2. The molecule has 0 amide bonds. The van der Waals surface area contributed by atoms with Crippen LogP contribution in [0.3, 0.4) is 0 Å². The molecule has 0 aliphatic rings. The van der Waals surface area contributed by atoms with Crippen molar-refractivity contribution in [1.82, 2.24) is 4.98 Å². The van der Waals surface area contributed by atoms with Crippen LogP contribution in [0.4, 0.5) is 11.4 Å². The summed E-state index contributed by atoms with van der Waals surface area (Å²) in [5.41, 5.74) is 1.77. The third kappa shape index (κ3) is 2.62. The molecule has 0 aliphatic carbocycles. The van der Waals surface area contributed by atoms with Gasteiger partial charge in [-0.3, -0.25) is 10.1 Å². The van der Waals surface area contributed by atoms with Crippen LogP contribution in [0.2, 0.25) is 0 Å². The first kappa shape index (κ1) is 15.0. The topological polar surface area (TPSA) is 97.5 Å². The minimum atomic E-state index is -0.430. The quantitative estimate of drug-likeness (QED) is 0.427. The van der Waals surface area contributed by atoms with E-state index in [0.717, 1.165) is 0 Å². The van der Waals surface area contributed by atoms with Crippen molar-refractivity contribution in [3.05, 3.63) is 46.5 Å². The molecule has 1 aromatic heterocycles. The van der Waals surface area contributed by atoms with Crippen LogP contribution in [0, 0.1) is 10.1 Å².